The number of nitrogens with one attached hydrogen (secondary N) is 2. The Labute approximate surface area is 158 Å². The molecule has 0 heterocycles. The van der Waals surface area contributed by atoms with Crippen molar-refractivity contribution in [2.75, 3.05) is 11.3 Å². The van der Waals surface area contributed by atoms with Gasteiger partial charge < -0.3 is 5.32 Å². The molecular weight excluding hydrogens is 400 g/mol. The zero-order chi connectivity index (χ0) is 17.9. The van der Waals surface area contributed by atoms with Crippen molar-refractivity contribution in [1.29, 1.82) is 0 Å². The van der Waals surface area contributed by atoms with E-state index in [-0.39, 0.29) is 4.90 Å². The summed E-state index contributed by atoms with van der Waals surface area (Å²) in [7, 11) is -3.56. The van der Waals surface area contributed by atoms with Crippen LogP contribution in [0.15, 0.2) is 51.8 Å². The van der Waals surface area contributed by atoms with Crippen LogP contribution in [0, 0.1) is 0 Å². The van der Waals surface area contributed by atoms with Gasteiger partial charge in [0, 0.05) is 16.2 Å². The Hall–Kier alpha value is -1.37. The molecule has 1 aliphatic carbocycles. The van der Waals surface area contributed by atoms with Crippen molar-refractivity contribution < 1.29 is 8.42 Å². The van der Waals surface area contributed by atoms with Crippen LogP contribution in [0.5, 0.6) is 0 Å². The average molecular weight is 423 g/mol. The van der Waals surface area contributed by atoms with Crippen LogP contribution in [-0.4, -0.2) is 21.0 Å². The standard InChI is InChI=1S/C19H23BrN2O2S/c1-2-11-21-17-7-3-15-13-18(8-4-14(15)12-17)22-25(23,24)19-9-5-16(20)6-10-19/h4-6,8-10,13,17,21-22H,2-3,7,11-12H2,1H3/t17-/m0/s1. The van der Waals surface area contributed by atoms with Gasteiger partial charge >= 0.3 is 0 Å². The van der Waals surface area contributed by atoms with Gasteiger partial charge in [0.1, 0.15) is 0 Å². The van der Waals surface area contributed by atoms with E-state index in [0.29, 0.717) is 11.7 Å². The minimum absolute atomic E-state index is 0.261. The first-order valence-electron chi connectivity index (χ1n) is 8.61. The predicted molar refractivity (Wildman–Crippen MR) is 105 cm³/mol. The Balaban J connectivity index is 1.74. The Kier molecular flexibility index (Phi) is 5.81. The third kappa shape index (κ3) is 4.63. The highest BCUT2D eigenvalue weighted by atomic mass is 79.9. The van der Waals surface area contributed by atoms with Crippen molar-refractivity contribution in [2.45, 2.75) is 43.5 Å². The third-order valence-corrected chi connectivity index (χ3v) is 6.42. The van der Waals surface area contributed by atoms with E-state index in [1.165, 1.54) is 11.1 Å². The van der Waals surface area contributed by atoms with E-state index in [1.54, 1.807) is 24.3 Å². The lowest BCUT2D eigenvalue weighted by atomic mass is 9.88. The van der Waals surface area contributed by atoms with Gasteiger partial charge in [0.25, 0.3) is 10.0 Å². The van der Waals surface area contributed by atoms with Crippen molar-refractivity contribution in [3.8, 4) is 0 Å². The van der Waals surface area contributed by atoms with Gasteiger partial charge in [0.15, 0.2) is 0 Å². The van der Waals surface area contributed by atoms with Gasteiger partial charge in [-0.2, -0.15) is 0 Å². The summed E-state index contributed by atoms with van der Waals surface area (Å²) in [5.41, 5.74) is 3.18. The number of hydrogen-bond acceptors (Lipinski definition) is 3. The van der Waals surface area contributed by atoms with E-state index >= 15 is 0 Å². The minimum Gasteiger partial charge on any atom is -0.314 e. The molecule has 1 atom stereocenters. The molecule has 0 fully saturated rings. The second-order valence-corrected chi connectivity index (χ2v) is 9.03. The Bertz CT molecular complexity index is 835. The molecule has 1 aliphatic rings. The first-order chi connectivity index (χ1) is 12.0. The Morgan fingerprint density at radius 2 is 1.88 bits per heavy atom. The third-order valence-electron chi connectivity index (χ3n) is 4.49. The zero-order valence-corrected chi connectivity index (χ0v) is 16.7. The molecule has 0 spiro atoms. The summed E-state index contributed by atoms with van der Waals surface area (Å²) in [6.45, 7) is 3.22. The first-order valence-corrected chi connectivity index (χ1v) is 10.9. The van der Waals surface area contributed by atoms with E-state index in [4.69, 9.17) is 0 Å². The number of aryl methyl sites for hydroxylation is 1. The molecule has 0 saturated heterocycles. The van der Waals surface area contributed by atoms with Crippen molar-refractivity contribution >= 4 is 31.6 Å². The monoisotopic (exact) mass is 422 g/mol. The maximum absolute atomic E-state index is 12.5. The molecule has 0 saturated carbocycles. The van der Waals surface area contributed by atoms with E-state index in [2.05, 4.69) is 39.0 Å². The molecule has 0 radical (unpaired) electrons. The first kappa shape index (κ1) is 18.4. The highest BCUT2D eigenvalue weighted by Gasteiger charge is 2.20. The van der Waals surface area contributed by atoms with E-state index < -0.39 is 10.0 Å². The van der Waals surface area contributed by atoms with Crippen LogP contribution in [-0.2, 0) is 22.9 Å². The second kappa shape index (κ2) is 7.89. The quantitative estimate of drug-likeness (QED) is 0.736. The van der Waals surface area contributed by atoms with Gasteiger partial charge in [0.2, 0.25) is 0 Å². The maximum atomic E-state index is 12.5. The molecule has 0 bridgehead atoms. The smallest absolute Gasteiger partial charge is 0.261 e. The molecule has 0 aliphatic heterocycles. The SMILES string of the molecule is CCCN[C@H]1CCc2cc(NS(=O)(=O)c3ccc(Br)cc3)ccc2C1. The molecule has 4 nitrogen and oxygen atoms in total. The molecule has 2 aromatic rings. The number of halogens is 1. The van der Waals surface area contributed by atoms with Gasteiger partial charge in [-0.15, -0.1) is 0 Å². The maximum Gasteiger partial charge on any atom is 0.261 e. The number of anilines is 1. The zero-order valence-electron chi connectivity index (χ0n) is 14.3. The van der Waals surface area contributed by atoms with Crippen LogP contribution in [0.25, 0.3) is 0 Å². The summed E-state index contributed by atoms with van der Waals surface area (Å²) >= 11 is 3.32. The minimum atomic E-state index is -3.56. The van der Waals surface area contributed by atoms with Crippen LogP contribution >= 0.6 is 15.9 Å². The van der Waals surface area contributed by atoms with Crippen LogP contribution in [0.1, 0.15) is 30.9 Å². The number of sulfonamides is 1. The molecule has 6 heteroatoms. The summed E-state index contributed by atoms with van der Waals surface area (Å²) in [6, 6.07) is 13.0. The van der Waals surface area contributed by atoms with Crippen molar-refractivity contribution in [3.05, 3.63) is 58.1 Å². The topological polar surface area (TPSA) is 58.2 Å². The number of hydrogen-bond donors (Lipinski definition) is 2. The van der Waals surface area contributed by atoms with Crippen LogP contribution in [0.3, 0.4) is 0 Å². The van der Waals surface area contributed by atoms with Crippen molar-refractivity contribution in [1.82, 2.24) is 5.32 Å². The van der Waals surface area contributed by atoms with E-state index in [0.717, 1.165) is 36.7 Å². The summed E-state index contributed by atoms with van der Waals surface area (Å²) in [5, 5.41) is 3.58. The molecule has 0 aromatic heterocycles. The summed E-state index contributed by atoms with van der Waals surface area (Å²) in [5.74, 6) is 0. The fraction of sp³-hybridized carbons (Fsp3) is 0.368. The summed E-state index contributed by atoms with van der Waals surface area (Å²) in [4.78, 5) is 0.261. The lowest BCUT2D eigenvalue weighted by Gasteiger charge is -2.26. The Morgan fingerprint density at radius 3 is 2.60 bits per heavy atom. The molecule has 2 aromatic carbocycles. The largest absolute Gasteiger partial charge is 0.314 e. The van der Waals surface area contributed by atoms with Crippen molar-refractivity contribution in [2.24, 2.45) is 0 Å². The molecule has 0 unspecified atom stereocenters. The van der Waals surface area contributed by atoms with Gasteiger partial charge in [-0.1, -0.05) is 28.9 Å². The number of benzene rings is 2. The Morgan fingerprint density at radius 1 is 1.12 bits per heavy atom. The average Bonchev–Trinajstić information content (AvgIpc) is 2.60. The molecule has 3 rings (SSSR count). The highest BCUT2D eigenvalue weighted by molar-refractivity contribution is 9.10. The lowest BCUT2D eigenvalue weighted by Crippen LogP contribution is -2.35. The predicted octanol–water partition coefficient (Wildman–Crippen LogP) is 4.11. The molecule has 0 amide bonds. The molecule has 2 N–H and O–H groups in total. The number of rotatable bonds is 6. The van der Waals surface area contributed by atoms with Crippen molar-refractivity contribution in [3.63, 3.8) is 0 Å². The van der Waals surface area contributed by atoms with Crippen LogP contribution in [0.2, 0.25) is 0 Å². The van der Waals surface area contributed by atoms with Gasteiger partial charge in [0.05, 0.1) is 4.90 Å². The van der Waals surface area contributed by atoms with Crippen LogP contribution < -0.4 is 10.0 Å². The summed E-state index contributed by atoms with van der Waals surface area (Å²) in [6.07, 6.45) is 4.22. The molecule has 25 heavy (non-hydrogen) atoms. The summed E-state index contributed by atoms with van der Waals surface area (Å²) < 4.78 is 28.6. The normalized spacial score (nSPS) is 17.1. The van der Waals surface area contributed by atoms with Crippen LogP contribution in [0.4, 0.5) is 5.69 Å². The van der Waals surface area contributed by atoms with Gasteiger partial charge in [-0.25, -0.2) is 8.42 Å². The highest BCUT2D eigenvalue weighted by Crippen LogP contribution is 2.26. The second-order valence-electron chi connectivity index (χ2n) is 6.44. The fourth-order valence-electron chi connectivity index (χ4n) is 3.17. The molecule has 134 valence electrons. The molecular formula is C19H23BrN2O2S. The van der Waals surface area contributed by atoms with Gasteiger partial charge in [-0.3, -0.25) is 4.72 Å². The van der Waals surface area contributed by atoms with E-state index in [9.17, 15) is 8.42 Å². The van der Waals surface area contributed by atoms with E-state index in [1.807, 2.05) is 12.1 Å². The fourth-order valence-corrected chi connectivity index (χ4v) is 4.48. The number of fused-ring (bicyclic) bond motifs is 1. The van der Waals surface area contributed by atoms with Gasteiger partial charge in [-0.05, 0) is 79.8 Å². The lowest BCUT2D eigenvalue weighted by molar-refractivity contribution is 0.459.